The Bertz CT molecular complexity index is 1140. The molecule has 2 aromatic carbocycles. The van der Waals surface area contributed by atoms with Crippen LogP contribution in [0.3, 0.4) is 0 Å². The third-order valence-electron chi connectivity index (χ3n) is 6.79. The largest absolute Gasteiger partial charge is 0.416 e. The Morgan fingerprint density at radius 1 is 1.09 bits per heavy atom. The van der Waals surface area contributed by atoms with E-state index in [4.69, 9.17) is 0 Å². The lowest BCUT2D eigenvalue weighted by molar-refractivity contribution is -0.137. The highest BCUT2D eigenvalue weighted by Gasteiger charge is 2.60. The maximum absolute atomic E-state index is 12.8. The number of hydrogen-bond donors (Lipinski definition) is 0. The topological polar surface area (TPSA) is 34.0 Å². The summed E-state index contributed by atoms with van der Waals surface area (Å²) in [7, 11) is 1.85. The fraction of sp³-hybridized carbons (Fsp3) is 0.417. The third kappa shape index (κ3) is 5.03. The van der Waals surface area contributed by atoms with Gasteiger partial charge in [-0.25, -0.2) is 0 Å². The second kappa shape index (κ2) is 9.84. The number of fused-ring (bicyclic) bond motifs is 1. The predicted octanol–water partition coefficient (Wildman–Crippen LogP) is 6.44. The summed E-state index contributed by atoms with van der Waals surface area (Å²) in [6, 6.07) is 13.8. The Morgan fingerprint density at radius 2 is 1.79 bits per heavy atom. The number of nitrogens with zero attached hydrogens (tertiary/aromatic N) is 4. The first-order valence-corrected chi connectivity index (χ1v) is 12.7. The molecule has 0 radical (unpaired) electrons. The van der Waals surface area contributed by atoms with Gasteiger partial charge in [-0.3, -0.25) is 0 Å². The second-order valence-corrected chi connectivity index (χ2v) is 10.9. The minimum Gasteiger partial charge on any atom is -0.305 e. The maximum atomic E-state index is 12.8. The minimum atomic E-state index is -4.34. The van der Waals surface area contributed by atoms with E-state index in [2.05, 4.69) is 55.3 Å². The first-order valence-electron chi connectivity index (χ1n) is 10.9. The number of piperidine rings is 1. The Morgan fingerprint density at radius 3 is 2.47 bits per heavy atom. The highest BCUT2D eigenvalue weighted by molar-refractivity contribution is 9.10. The monoisotopic (exact) mass is 572 g/mol. The molecule has 0 N–H and O–H groups in total. The molecule has 2 heterocycles. The van der Waals surface area contributed by atoms with Crippen LogP contribution in [-0.4, -0.2) is 45.1 Å². The molecule has 1 aliphatic heterocycles. The average molecular weight is 574 g/mol. The number of halogens is 5. The van der Waals surface area contributed by atoms with E-state index in [-0.39, 0.29) is 12.4 Å². The lowest BCUT2D eigenvalue weighted by atomic mass is 9.95. The van der Waals surface area contributed by atoms with E-state index in [9.17, 15) is 13.2 Å². The van der Waals surface area contributed by atoms with Crippen LogP contribution in [0.4, 0.5) is 13.2 Å². The molecule has 34 heavy (non-hydrogen) atoms. The number of benzene rings is 2. The number of rotatable bonds is 7. The minimum absolute atomic E-state index is 0. The third-order valence-corrected chi connectivity index (χ3v) is 8.43. The zero-order chi connectivity index (χ0) is 23.2. The average Bonchev–Trinajstić information content (AvgIpc) is 3.16. The van der Waals surface area contributed by atoms with Crippen LogP contribution in [0.25, 0.3) is 11.4 Å². The fourth-order valence-corrected chi connectivity index (χ4v) is 6.04. The van der Waals surface area contributed by atoms with Gasteiger partial charge in [-0.15, -0.1) is 22.6 Å². The Balaban J connectivity index is 0.00000274. The molecule has 182 valence electrons. The van der Waals surface area contributed by atoms with Gasteiger partial charge < -0.3 is 9.47 Å². The van der Waals surface area contributed by atoms with Gasteiger partial charge in [0.05, 0.1) is 5.56 Å². The van der Waals surface area contributed by atoms with E-state index in [0.29, 0.717) is 16.8 Å². The quantitative estimate of drug-likeness (QED) is 0.241. The van der Waals surface area contributed by atoms with Crippen molar-refractivity contribution in [2.45, 2.75) is 29.6 Å². The smallest absolute Gasteiger partial charge is 0.305 e. The van der Waals surface area contributed by atoms with E-state index in [0.717, 1.165) is 52.9 Å². The first-order chi connectivity index (χ1) is 15.8. The number of likely N-dealkylation sites (tertiary alicyclic amines) is 1. The first kappa shape index (κ1) is 25.5. The molecule has 1 aliphatic carbocycles. The summed E-state index contributed by atoms with van der Waals surface area (Å²) in [6.07, 6.45) is -1.99. The molecule has 2 aliphatic rings. The standard InChI is InChI=1S/C24H24BrF3N4S.ClH/c1-31-21(16-3-5-18(6-4-16)24(26,27)28)29-30-22(31)33-12-2-11-32-14-19-13-23(19,15-32)17-7-9-20(25)10-8-17;/h3-10,19H,2,11-15H2,1H3;1H/t19-,23+;/m0./s1. The van der Waals surface area contributed by atoms with Crippen molar-refractivity contribution in [2.24, 2.45) is 13.0 Å². The van der Waals surface area contributed by atoms with Crippen molar-refractivity contribution >= 4 is 40.1 Å². The highest BCUT2D eigenvalue weighted by Crippen LogP contribution is 2.59. The van der Waals surface area contributed by atoms with Gasteiger partial charge in [-0.2, -0.15) is 13.2 Å². The summed E-state index contributed by atoms with van der Waals surface area (Å²) in [6.45, 7) is 3.36. The van der Waals surface area contributed by atoms with Crippen LogP contribution in [0.2, 0.25) is 0 Å². The Kier molecular flexibility index (Phi) is 7.39. The van der Waals surface area contributed by atoms with E-state index >= 15 is 0 Å². The lowest BCUT2D eigenvalue weighted by Crippen LogP contribution is -2.27. The molecule has 3 aromatic rings. The fourth-order valence-electron chi connectivity index (χ4n) is 4.94. The summed E-state index contributed by atoms with van der Waals surface area (Å²) in [5.41, 5.74) is 1.78. The van der Waals surface area contributed by atoms with Gasteiger partial charge in [-0.05, 0) is 55.1 Å². The van der Waals surface area contributed by atoms with Crippen molar-refractivity contribution in [3.8, 4) is 11.4 Å². The van der Waals surface area contributed by atoms with Crippen molar-refractivity contribution in [3.63, 3.8) is 0 Å². The second-order valence-electron chi connectivity index (χ2n) is 8.94. The SMILES string of the molecule is Cl.Cn1c(SCCCN2C[C@@H]3C[C@]3(c3ccc(Br)cc3)C2)nnc1-c1ccc(C(F)(F)F)cc1. The molecule has 1 saturated carbocycles. The summed E-state index contributed by atoms with van der Waals surface area (Å²) >= 11 is 5.16. The molecule has 10 heteroatoms. The molecule has 0 unspecified atom stereocenters. The van der Waals surface area contributed by atoms with Crippen LogP contribution in [0.5, 0.6) is 0 Å². The molecule has 5 rings (SSSR count). The maximum Gasteiger partial charge on any atom is 0.416 e. The van der Waals surface area contributed by atoms with Gasteiger partial charge >= 0.3 is 6.18 Å². The zero-order valence-electron chi connectivity index (χ0n) is 18.6. The van der Waals surface area contributed by atoms with Crippen molar-refractivity contribution in [1.29, 1.82) is 0 Å². The van der Waals surface area contributed by atoms with E-state index in [1.807, 2.05) is 11.6 Å². The molecule has 0 bridgehead atoms. The van der Waals surface area contributed by atoms with Crippen molar-refractivity contribution < 1.29 is 13.2 Å². The van der Waals surface area contributed by atoms with Crippen LogP contribution in [0, 0.1) is 5.92 Å². The van der Waals surface area contributed by atoms with Gasteiger partial charge in [-0.1, -0.05) is 52.0 Å². The van der Waals surface area contributed by atoms with E-state index in [1.165, 1.54) is 30.7 Å². The highest BCUT2D eigenvalue weighted by atomic mass is 79.9. The lowest BCUT2D eigenvalue weighted by Gasteiger charge is -2.21. The van der Waals surface area contributed by atoms with Crippen molar-refractivity contribution in [3.05, 3.63) is 64.1 Å². The van der Waals surface area contributed by atoms with Crippen LogP contribution in [0.1, 0.15) is 24.0 Å². The van der Waals surface area contributed by atoms with Gasteiger partial charge in [0.1, 0.15) is 0 Å². The molecular weight excluding hydrogens is 549 g/mol. The molecule has 2 fully saturated rings. The molecule has 0 amide bonds. The number of aromatic nitrogens is 3. The number of alkyl halides is 3. The summed E-state index contributed by atoms with van der Waals surface area (Å²) < 4.78 is 41.4. The molecular formula is C24H25BrClF3N4S. The van der Waals surface area contributed by atoms with Crippen LogP contribution in [0.15, 0.2) is 58.2 Å². The van der Waals surface area contributed by atoms with E-state index in [1.54, 1.807) is 11.8 Å². The summed E-state index contributed by atoms with van der Waals surface area (Å²) in [4.78, 5) is 2.57. The van der Waals surface area contributed by atoms with E-state index < -0.39 is 11.7 Å². The number of hydrogen-bond acceptors (Lipinski definition) is 4. The van der Waals surface area contributed by atoms with Gasteiger partial charge in [0, 0.05) is 41.3 Å². The van der Waals surface area contributed by atoms with Gasteiger partial charge in [0.15, 0.2) is 11.0 Å². The molecule has 1 saturated heterocycles. The zero-order valence-corrected chi connectivity index (χ0v) is 21.8. The molecule has 0 spiro atoms. The summed E-state index contributed by atoms with van der Waals surface area (Å²) in [5.74, 6) is 2.27. The summed E-state index contributed by atoms with van der Waals surface area (Å²) in [5, 5.41) is 9.22. The van der Waals surface area contributed by atoms with Crippen LogP contribution < -0.4 is 0 Å². The van der Waals surface area contributed by atoms with Crippen molar-refractivity contribution in [1.82, 2.24) is 19.7 Å². The normalized spacial score (nSPS) is 21.9. The van der Waals surface area contributed by atoms with Gasteiger partial charge in [0.25, 0.3) is 0 Å². The van der Waals surface area contributed by atoms with Gasteiger partial charge in [0.2, 0.25) is 0 Å². The molecule has 4 nitrogen and oxygen atoms in total. The predicted molar refractivity (Wildman–Crippen MR) is 134 cm³/mol. The van der Waals surface area contributed by atoms with Crippen LogP contribution in [-0.2, 0) is 18.6 Å². The molecule has 2 atom stereocenters. The van der Waals surface area contributed by atoms with Crippen LogP contribution >= 0.6 is 40.1 Å². The Hall–Kier alpha value is -1.55. The van der Waals surface area contributed by atoms with Crippen molar-refractivity contribution in [2.75, 3.05) is 25.4 Å². The number of thioether (sulfide) groups is 1. The Labute approximate surface area is 215 Å². The molecule has 1 aromatic heterocycles.